The van der Waals surface area contributed by atoms with Crippen molar-refractivity contribution in [2.24, 2.45) is 0 Å². The van der Waals surface area contributed by atoms with Gasteiger partial charge in [0.15, 0.2) is 5.54 Å². The highest BCUT2D eigenvalue weighted by Crippen LogP contribution is 2.28. The van der Waals surface area contributed by atoms with Crippen LogP contribution in [-0.4, -0.2) is 27.3 Å². The van der Waals surface area contributed by atoms with E-state index in [-0.39, 0.29) is 6.61 Å². The molecule has 1 N–H and O–H groups in total. The largest absolute Gasteiger partial charge is 0.464 e. The summed E-state index contributed by atoms with van der Waals surface area (Å²) in [5.74, 6) is 0.564. The van der Waals surface area contributed by atoms with Crippen molar-refractivity contribution in [3.8, 4) is 0 Å². The van der Waals surface area contributed by atoms with Crippen LogP contribution in [0.4, 0.5) is 0 Å². The van der Waals surface area contributed by atoms with Gasteiger partial charge in [0.05, 0.1) is 22.3 Å². The van der Waals surface area contributed by atoms with Gasteiger partial charge in [-0.25, -0.2) is 13.7 Å². The van der Waals surface area contributed by atoms with Gasteiger partial charge < -0.3 is 4.74 Å². The molecule has 1 aromatic carbocycles. The Morgan fingerprint density at radius 3 is 2.17 bits per heavy atom. The summed E-state index contributed by atoms with van der Waals surface area (Å²) in [6, 6.07) is 7.73. The molecule has 1 rings (SSSR count). The maximum Gasteiger partial charge on any atom is 0.331 e. The molecule has 1 aromatic rings. The summed E-state index contributed by atoms with van der Waals surface area (Å²) in [4.78, 5) is 13.7. The van der Waals surface area contributed by atoms with Crippen LogP contribution in [0.25, 0.3) is 0 Å². The average Bonchev–Trinajstić information content (AvgIpc) is 2.47. The van der Waals surface area contributed by atoms with Gasteiger partial charge in [-0.3, -0.25) is 0 Å². The maximum atomic E-state index is 12.5. The molecule has 0 aliphatic carbocycles. The predicted octanol–water partition coefficient (Wildman–Crippen LogP) is 3.63. The zero-order valence-electron chi connectivity index (χ0n) is 14.8. The number of benzene rings is 1. The summed E-state index contributed by atoms with van der Waals surface area (Å²) in [5.41, 5.74) is -0.405. The molecule has 0 aliphatic rings. The second-order valence-corrected chi connectivity index (χ2v) is 9.59. The predicted molar refractivity (Wildman–Crippen MR) is 97.9 cm³/mol. The average molecular weight is 358 g/mol. The van der Waals surface area contributed by atoms with Crippen LogP contribution in [0.3, 0.4) is 0 Å². The van der Waals surface area contributed by atoms with Crippen LogP contribution in [0.2, 0.25) is 0 Å². The molecule has 0 bridgehead atoms. The summed E-state index contributed by atoms with van der Waals surface area (Å²) in [6.45, 7) is 11.4. The summed E-state index contributed by atoms with van der Waals surface area (Å²) in [6.07, 6.45) is 0. The van der Waals surface area contributed by atoms with Gasteiger partial charge in [-0.05, 0) is 58.1 Å². The van der Waals surface area contributed by atoms with Crippen molar-refractivity contribution in [2.45, 2.75) is 56.7 Å². The van der Waals surface area contributed by atoms with E-state index in [1.165, 1.54) is 0 Å². The molecular formula is C17H27NO3S2. The number of hydrogen-bond donors (Lipinski definition) is 1. The molecule has 2 atom stereocenters. The molecular weight excluding hydrogens is 330 g/mol. The van der Waals surface area contributed by atoms with E-state index in [2.05, 4.69) is 11.6 Å². The SMILES string of the molecule is CCOC(=O)C(C)(N[S@@](=O)C(C)(C)C)c1ccc(SCC)cc1. The third-order valence-corrected chi connectivity index (χ3v) is 5.88. The van der Waals surface area contributed by atoms with Gasteiger partial charge in [-0.1, -0.05) is 19.1 Å². The zero-order chi connectivity index (χ0) is 17.7. The molecule has 0 heterocycles. The topological polar surface area (TPSA) is 55.4 Å². The van der Waals surface area contributed by atoms with Gasteiger partial charge in [0, 0.05) is 4.90 Å². The lowest BCUT2D eigenvalue weighted by Gasteiger charge is -2.31. The Morgan fingerprint density at radius 1 is 1.17 bits per heavy atom. The second-order valence-electron chi connectivity index (χ2n) is 6.29. The zero-order valence-corrected chi connectivity index (χ0v) is 16.4. The standard InChI is InChI=1S/C17H27NO3S2/c1-7-21-15(19)17(6,18-23(20)16(3,4)5)13-9-11-14(12-10-13)22-8-2/h9-12,18H,7-8H2,1-6H3/t17?,23-/m0/s1. The molecule has 0 saturated carbocycles. The van der Waals surface area contributed by atoms with Crippen molar-refractivity contribution in [1.82, 2.24) is 4.72 Å². The van der Waals surface area contributed by atoms with Gasteiger partial charge in [0.25, 0.3) is 0 Å². The second kappa shape index (κ2) is 8.31. The number of esters is 1. The Labute approximate surface area is 146 Å². The van der Waals surface area contributed by atoms with Crippen LogP contribution in [0.15, 0.2) is 29.2 Å². The van der Waals surface area contributed by atoms with Crippen molar-refractivity contribution in [2.75, 3.05) is 12.4 Å². The first kappa shape index (κ1) is 20.2. The van der Waals surface area contributed by atoms with E-state index in [0.29, 0.717) is 0 Å². The smallest absolute Gasteiger partial charge is 0.331 e. The molecule has 0 radical (unpaired) electrons. The van der Waals surface area contributed by atoms with Gasteiger partial charge >= 0.3 is 5.97 Å². The summed E-state index contributed by atoms with van der Waals surface area (Å²) in [7, 11) is -1.40. The van der Waals surface area contributed by atoms with Crippen LogP contribution in [0.1, 0.15) is 47.1 Å². The first-order valence-corrected chi connectivity index (χ1v) is 9.89. The number of thioether (sulfide) groups is 1. The van der Waals surface area contributed by atoms with Crippen molar-refractivity contribution in [3.05, 3.63) is 29.8 Å². The third kappa shape index (κ3) is 5.33. The van der Waals surface area contributed by atoms with Gasteiger partial charge in [0.2, 0.25) is 0 Å². The number of carbonyl (C=O) groups is 1. The monoisotopic (exact) mass is 357 g/mol. The maximum absolute atomic E-state index is 12.5. The highest BCUT2D eigenvalue weighted by molar-refractivity contribution is 7.99. The van der Waals surface area contributed by atoms with Crippen LogP contribution in [0, 0.1) is 0 Å². The fourth-order valence-corrected chi connectivity index (χ4v) is 3.42. The Balaban J connectivity index is 3.18. The number of hydrogen-bond acceptors (Lipinski definition) is 4. The number of carbonyl (C=O) groups excluding carboxylic acids is 1. The van der Waals surface area contributed by atoms with Crippen molar-refractivity contribution in [1.29, 1.82) is 0 Å². The van der Waals surface area contributed by atoms with E-state index in [4.69, 9.17) is 4.74 Å². The minimum absolute atomic E-state index is 0.280. The number of ether oxygens (including phenoxy) is 1. The Hall–Kier alpha value is -0.850. The quantitative estimate of drug-likeness (QED) is 0.598. The van der Waals surface area contributed by atoms with E-state index in [1.54, 1.807) is 25.6 Å². The fourth-order valence-electron chi connectivity index (χ4n) is 1.88. The molecule has 0 aromatic heterocycles. The van der Waals surface area contributed by atoms with E-state index in [0.717, 1.165) is 16.2 Å². The van der Waals surface area contributed by atoms with Gasteiger partial charge in [0.1, 0.15) is 0 Å². The van der Waals surface area contributed by atoms with E-state index >= 15 is 0 Å². The highest BCUT2D eigenvalue weighted by atomic mass is 32.2. The third-order valence-electron chi connectivity index (χ3n) is 3.28. The van der Waals surface area contributed by atoms with Gasteiger partial charge in [-0.15, -0.1) is 11.8 Å². The van der Waals surface area contributed by atoms with Gasteiger partial charge in [-0.2, -0.15) is 0 Å². The number of nitrogens with one attached hydrogen (secondary N) is 1. The lowest BCUT2D eigenvalue weighted by molar-refractivity contribution is -0.150. The molecule has 0 spiro atoms. The normalized spacial score (nSPS) is 15.7. The van der Waals surface area contributed by atoms with Crippen LogP contribution in [-0.2, 0) is 26.1 Å². The molecule has 0 amide bonds. The van der Waals surface area contributed by atoms with Crippen molar-refractivity contribution >= 4 is 28.7 Å². The van der Waals surface area contributed by atoms with E-state index in [1.807, 2.05) is 45.0 Å². The molecule has 0 aliphatic heterocycles. The molecule has 6 heteroatoms. The molecule has 23 heavy (non-hydrogen) atoms. The van der Waals surface area contributed by atoms with Crippen molar-refractivity contribution in [3.63, 3.8) is 0 Å². The molecule has 0 fully saturated rings. The van der Waals surface area contributed by atoms with Crippen molar-refractivity contribution < 1.29 is 13.7 Å². The van der Waals surface area contributed by atoms with Crippen LogP contribution in [0.5, 0.6) is 0 Å². The number of rotatable bonds is 7. The molecule has 0 saturated heterocycles. The minimum atomic E-state index is -1.40. The fraction of sp³-hybridized carbons (Fsp3) is 0.588. The highest BCUT2D eigenvalue weighted by Gasteiger charge is 2.40. The first-order valence-electron chi connectivity index (χ1n) is 7.75. The minimum Gasteiger partial charge on any atom is -0.464 e. The summed E-state index contributed by atoms with van der Waals surface area (Å²) < 4.78 is 20.2. The first-order chi connectivity index (χ1) is 10.6. The Kier molecular flexibility index (Phi) is 7.29. The van der Waals surface area contributed by atoms with E-state index < -0.39 is 27.2 Å². The molecule has 1 unspecified atom stereocenters. The Bertz CT molecular complexity index is 552. The lowest BCUT2D eigenvalue weighted by atomic mass is 9.93. The van der Waals surface area contributed by atoms with Crippen LogP contribution < -0.4 is 4.72 Å². The Morgan fingerprint density at radius 2 is 1.74 bits per heavy atom. The molecule has 4 nitrogen and oxygen atoms in total. The lowest BCUT2D eigenvalue weighted by Crippen LogP contribution is -2.51. The van der Waals surface area contributed by atoms with Crippen LogP contribution >= 0.6 is 11.8 Å². The summed E-state index contributed by atoms with van der Waals surface area (Å²) in [5, 5.41) is 0. The van der Waals surface area contributed by atoms with E-state index in [9.17, 15) is 9.00 Å². The summed E-state index contributed by atoms with van der Waals surface area (Å²) >= 11 is 1.73. The molecule has 130 valence electrons.